The summed E-state index contributed by atoms with van der Waals surface area (Å²) in [6, 6.07) is 0. The Morgan fingerprint density at radius 1 is 1.10 bits per heavy atom. The van der Waals surface area contributed by atoms with E-state index in [1.54, 1.807) is 7.11 Å². The van der Waals surface area contributed by atoms with E-state index in [0.717, 1.165) is 31.7 Å². The molecule has 0 fully saturated rings. The minimum absolute atomic E-state index is 0.613. The number of imidazole rings is 1. The maximum Gasteiger partial charge on any atom is 0.0950 e. The third-order valence-electron chi connectivity index (χ3n) is 2.97. The summed E-state index contributed by atoms with van der Waals surface area (Å²) < 4.78 is 17.8. The van der Waals surface area contributed by atoms with E-state index in [1.165, 1.54) is 6.42 Å². The second kappa shape index (κ2) is 12.8. The van der Waals surface area contributed by atoms with Gasteiger partial charge in [0.1, 0.15) is 0 Å². The van der Waals surface area contributed by atoms with Gasteiger partial charge in [0, 0.05) is 32.8 Å². The molecule has 0 atom stereocenters. The van der Waals surface area contributed by atoms with Crippen LogP contribution in [0.2, 0.25) is 0 Å². The highest BCUT2D eigenvalue weighted by molar-refractivity contribution is 4.97. The number of nitrogens with one attached hydrogen (secondary N) is 1. The fourth-order valence-corrected chi connectivity index (χ4v) is 1.81. The van der Waals surface area contributed by atoms with Crippen molar-refractivity contribution in [2.45, 2.75) is 26.3 Å². The van der Waals surface area contributed by atoms with Crippen LogP contribution in [0.1, 0.15) is 19.0 Å². The van der Waals surface area contributed by atoms with Crippen LogP contribution < -0.4 is 5.32 Å². The lowest BCUT2D eigenvalue weighted by Gasteiger charge is -2.06. The molecule has 122 valence electrons. The smallest absolute Gasteiger partial charge is 0.0950 e. The zero-order valence-corrected chi connectivity index (χ0v) is 13.3. The monoisotopic (exact) mass is 299 g/mol. The fourth-order valence-electron chi connectivity index (χ4n) is 1.81. The van der Waals surface area contributed by atoms with E-state index in [1.807, 2.05) is 6.33 Å². The van der Waals surface area contributed by atoms with Crippen LogP contribution in [0.5, 0.6) is 0 Å². The second-order valence-corrected chi connectivity index (χ2v) is 4.82. The Bertz CT molecular complexity index is 345. The summed E-state index contributed by atoms with van der Waals surface area (Å²) in [6.07, 6.45) is 6.10. The quantitative estimate of drug-likeness (QED) is 0.521. The Balaban J connectivity index is 1.98. The molecule has 0 aliphatic heterocycles. The zero-order chi connectivity index (χ0) is 15.2. The summed E-state index contributed by atoms with van der Waals surface area (Å²) in [7, 11) is 1.67. The Hall–Kier alpha value is -0.950. The van der Waals surface area contributed by atoms with Crippen molar-refractivity contribution in [2.75, 3.05) is 53.2 Å². The van der Waals surface area contributed by atoms with Gasteiger partial charge in [-0.1, -0.05) is 6.92 Å². The standard InChI is InChI=1S/C15H29N3O3/c1-3-5-16-6-4-15-13-18(14-17-15)7-8-20-11-12-21-10-9-19-2/h13-14,16H,3-12H2,1-2H3. The summed E-state index contributed by atoms with van der Waals surface area (Å²) >= 11 is 0. The second-order valence-electron chi connectivity index (χ2n) is 4.82. The molecule has 0 saturated carbocycles. The molecule has 6 heteroatoms. The van der Waals surface area contributed by atoms with Crippen LogP contribution in [0, 0.1) is 0 Å². The predicted molar refractivity (Wildman–Crippen MR) is 82.6 cm³/mol. The molecule has 0 bridgehead atoms. The number of nitrogens with zero attached hydrogens (tertiary/aromatic N) is 2. The highest BCUT2D eigenvalue weighted by atomic mass is 16.5. The van der Waals surface area contributed by atoms with E-state index in [4.69, 9.17) is 14.2 Å². The molecule has 1 aromatic rings. The molecule has 1 aromatic heterocycles. The van der Waals surface area contributed by atoms with Gasteiger partial charge in [0.15, 0.2) is 0 Å². The maximum atomic E-state index is 5.51. The predicted octanol–water partition coefficient (Wildman–Crippen LogP) is 1.10. The van der Waals surface area contributed by atoms with Gasteiger partial charge in [0.25, 0.3) is 0 Å². The number of rotatable bonds is 14. The van der Waals surface area contributed by atoms with Crippen molar-refractivity contribution in [2.24, 2.45) is 0 Å². The molecule has 0 aromatic carbocycles. The van der Waals surface area contributed by atoms with Crippen LogP contribution in [0.25, 0.3) is 0 Å². The van der Waals surface area contributed by atoms with Gasteiger partial charge < -0.3 is 24.1 Å². The van der Waals surface area contributed by atoms with Crippen LogP contribution >= 0.6 is 0 Å². The van der Waals surface area contributed by atoms with E-state index in [-0.39, 0.29) is 0 Å². The minimum Gasteiger partial charge on any atom is -0.382 e. The van der Waals surface area contributed by atoms with E-state index < -0.39 is 0 Å². The van der Waals surface area contributed by atoms with Crippen molar-refractivity contribution in [3.63, 3.8) is 0 Å². The molecule has 0 aliphatic carbocycles. The average molecular weight is 299 g/mol. The topological polar surface area (TPSA) is 57.5 Å². The SMILES string of the molecule is CCCNCCc1cn(CCOCCOCCOC)cn1. The fraction of sp³-hybridized carbons (Fsp3) is 0.800. The minimum atomic E-state index is 0.613. The van der Waals surface area contributed by atoms with Crippen molar-refractivity contribution >= 4 is 0 Å². The van der Waals surface area contributed by atoms with Crippen molar-refractivity contribution in [1.29, 1.82) is 0 Å². The lowest BCUT2D eigenvalue weighted by atomic mass is 10.3. The summed E-state index contributed by atoms with van der Waals surface area (Å²) in [5.74, 6) is 0. The van der Waals surface area contributed by atoms with Crippen molar-refractivity contribution in [1.82, 2.24) is 14.9 Å². The molecule has 21 heavy (non-hydrogen) atoms. The van der Waals surface area contributed by atoms with Gasteiger partial charge in [-0.2, -0.15) is 0 Å². The van der Waals surface area contributed by atoms with E-state index in [9.17, 15) is 0 Å². The Kier molecular flexibility index (Phi) is 11.0. The molecule has 0 amide bonds. The molecule has 1 N–H and O–H groups in total. The van der Waals surface area contributed by atoms with Crippen LogP contribution in [0.3, 0.4) is 0 Å². The van der Waals surface area contributed by atoms with Crippen molar-refractivity contribution < 1.29 is 14.2 Å². The first-order valence-electron chi connectivity index (χ1n) is 7.72. The number of ether oxygens (including phenoxy) is 3. The summed E-state index contributed by atoms with van der Waals surface area (Å²) in [5.41, 5.74) is 1.13. The average Bonchev–Trinajstić information content (AvgIpc) is 2.94. The molecule has 1 heterocycles. The highest BCUT2D eigenvalue weighted by Crippen LogP contribution is 1.97. The van der Waals surface area contributed by atoms with E-state index in [0.29, 0.717) is 33.0 Å². The van der Waals surface area contributed by atoms with Gasteiger partial charge in [-0.25, -0.2) is 4.98 Å². The first kappa shape index (κ1) is 18.1. The van der Waals surface area contributed by atoms with Gasteiger partial charge >= 0.3 is 0 Å². The lowest BCUT2D eigenvalue weighted by Crippen LogP contribution is -2.17. The number of methoxy groups -OCH3 is 1. The number of aromatic nitrogens is 2. The van der Waals surface area contributed by atoms with Gasteiger partial charge in [-0.05, 0) is 13.0 Å². The van der Waals surface area contributed by atoms with Gasteiger partial charge in [0.2, 0.25) is 0 Å². The molecule has 0 unspecified atom stereocenters. The Morgan fingerprint density at radius 3 is 2.62 bits per heavy atom. The Morgan fingerprint density at radius 2 is 1.86 bits per heavy atom. The molecule has 6 nitrogen and oxygen atoms in total. The van der Waals surface area contributed by atoms with E-state index in [2.05, 4.69) is 28.0 Å². The van der Waals surface area contributed by atoms with Crippen molar-refractivity contribution in [3.8, 4) is 0 Å². The summed E-state index contributed by atoms with van der Waals surface area (Å²) in [6.45, 7) is 8.21. The number of hydrogen-bond donors (Lipinski definition) is 1. The molecule has 1 rings (SSSR count). The van der Waals surface area contributed by atoms with Gasteiger partial charge in [-0.3, -0.25) is 0 Å². The highest BCUT2D eigenvalue weighted by Gasteiger charge is 1.99. The van der Waals surface area contributed by atoms with Gasteiger partial charge in [0.05, 0.1) is 45.1 Å². The first-order chi connectivity index (χ1) is 10.4. The zero-order valence-electron chi connectivity index (χ0n) is 13.3. The molecule has 0 aliphatic rings. The van der Waals surface area contributed by atoms with E-state index >= 15 is 0 Å². The van der Waals surface area contributed by atoms with Crippen LogP contribution in [-0.4, -0.2) is 62.8 Å². The molecule has 0 spiro atoms. The molecular weight excluding hydrogens is 270 g/mol. The third-order valence-corrected chi connectivity index (χ3v) is 2.97. The Labute approximate surface area is 127 Å². The summed E-state index contributed by atoms with van der Waals surface area (Å²) in [4.78, 5) is 4.39. The molecular formula is C15H29N3O3. The third kappa shape index (κ3) is 9.57. The maximum absolute atomic E-state index is 5.51. The summed E-state index contributed by atoms with van der Waals surface area (Å²) in [5, 5.41) is 3.38. The first-order valence-corrected chi connectivity index (χ1v) is 7.72. The van der Waals surface area contributed by atoms with Crippen LogP contribution in [-0.2, 0) is 27.2 Å². The van der Waals surface area contributed by atoms with Crippen LogP contribution in [0.15, 0.2) is 12.5 Å². The lowest BCUT2D eigenvalue weighted by molar-refractivity contribution is 0.0230. The normalized spacial score (nSPS) is 11.1. The van der Waals surface area contributed by atoms with Crippen molar-refractivity contribution in [3.05, 3.63) is 18.2 Å². The van der Waals surface area contributed by atoms with Gasteiger partial charge in [-0.15, -0.1) is 0 Å². The molecule has 0 saturated heterocycles. The molecule has 0 radical (unpaired) electrons. The van der Waals surface area contributed by atoms with Crippen LogP contribution in [0.4, 0.5) is 0 Å². The largest absolute Gasteiger partial charge is 0.382 e. The number of hydrogen-bond acceptors (Lipinski definition) is 5.